The van der Waals surface area contributed by atoms with Crippen LogP contribution in [-0.2, 0) is 0 Å². The number of fused-ring (bicyclic) bond motifs is 9. The van der Waals surface area contributed by atoms with E-state index in [1.54, 1.807) is 52.0 Å². The van der Waals surface area contributed by atoms with Gasteiger partial charge in [-0.05, 0) is 24.3 Å². The quantitative estimate of drug-likeness (QED) is 0.401. The fraction of sp³-hybridized carbons (Fsp3) is 0.357. The third kappa shape index (κ3) is 3.53. The molecule has 0 bridgehead atoms. The lowest BCUT2D eigenvalue weighted by atomic mass is 9.88. The molecule has 0 saturated heterocycles. The molecule has 4 aliphatic rings. The van der Waals surface area contributed by atoms with Gasteiger partial charge in [0.2, 0.25) is 11.5 Å². The average Bonchev–Trinajstić information content (AvgIpc) is 2.96. The predicted octanol–water partition coefficient (Wildman–Crippen LogP) is 5.69. The largest absolute Gasteiger partial charge is 0.497 e. The van der Waals surface area contributed by atoms with Gasteiger partial charge in [0.05, 0.1) is 59.9 Å². The van der Waals surface area contributed by atoms with Crippen molar-refractivity contribution >= 4 is 23.5 Å². The molecule has 0 fully saturated rings. The maximum Gasteiger partial charge on any atom is 0.207 e. The molecule has 8 nitrogen and oxygen atoms in total. The highest BCUT2D eigenvalue weighted by Crippen LogP contribution is 2.62. The van der Waals surface area contributed by atoms with E-state index in [1.807, 2.05) is 36.4 Å². The van der Waals surface area contributed by atoms with Gasteiger partial charge in [-0.3, -0.25) is 0 Å². The Morgan fingerprint density at radius 2 is 1.08 bits per heavy atom. The second-order valence-corrected chi connectivity index (χ2v) is 11.8. The molecule has 0 radical (unpaired) electrons. The lowest BCUT2D eigenvalue weighted by Gasteiger charge is -2.44. The molecule has 4 atom stereocenters. The monoisotopic (exact) mass is 554 g/mol. The zero-order chi connectivity index (χ0) is 26.0. The normalized spacial score (nSPS) is 23.7. The van der Waals surface area contributed by atoms with Crippen LogP contribution in [0.5, 0.6) is 46.0 Å². The number of ether oxygens (including phenoxy) is 8. The van der Waals surface area contributed by atoms with Crippen LogP contribution < -0.4 is 37.9 Å². The van der Waals surface area contributed by atoms with Crippen LogP contribution in [0.4, 0.5) is 0 Å². The van der Waals surface area contributed by atoms with Crippen molar-refractivity contribution in [2.45, 2.75) is 32.5 Å². The fourth-order valence-electron chi connectivity index (χ4n) is 5.47. The summed E-state index contributed by atoms with van der Waals surface area (Å²) in [5, 5.41) is 0.0455. The Morgan fingerprint density at radius 1 is 0.632 bits per heavy atom. The summed E-state index contributed by atoms with van der Waals surface area (Å²) < 4.78 is 48.8. The van der Waals surface area contributed by atoms with E-state index in [9.17, 15) is 0 Å². The molecule has 0 N–H and O–H groups in total. The van der Waals surface area contributed by atoms with Crippen LogP contribution in [0.3, 0.4) is 0 Å². The van der Waals surface area contributed by atoms with Crippen LogP contribution in [0.1, 0.15) is 23.3 Å². The topological polar surface area (TPSA) is 73.8 Å². The molecule has 7 rings (SSSR count). The standard InChI is InChI=1S/C28H26O8S2/c1-29-13-5-7-17-15(9-13)35-23-19(37-17)11-33-25-21(23)22-24-20(12-34-26(22)28(32-4)27(25)31-3)38-18-8-6-14(30-2)10-16(18)36-24/h5-10,19-20,23-24H,11-12H2,1-4H3/t19-,20-,23-,24-/m1/s1. The summed E-state index contributed by atoms with van der Waals surface area (Å²) >= 11 is 3.48. The number of hydrogen-bond donors (Lipinski definition) is 0. The number of thioether (sulfide) groups is 2. The molecule has 0 aromatic heterocycles. The number of hydrogen-bond acceptors (Lipinski definition) is 10. The molecule has 4 heterocycles. The Bertz CT molecular complexity index is 1320. The molecule has 3 aromatic rings. The van der Waals surface area contributed by atoms with E-state index >= 15 is 0 Å². The maximum atomic E-state index is 6.71. The minimum Gasteiger partial charge on any atom is -0.497 e. The SMILES string of the molecule is COc1ccc2c(c1)O[C@H]1c3c(c(OC)c(OC)c4c3[C@@H]3Oc5cc(OC)ccc5S[C@@H]3CO4)OC[C@H]1S2. The molecule has 198 valence electrons. The van der Waals surface area contributed by atoms with Gasteiger partial charge in [0.1, 0.15) is 48.4 Å². The van der Waals surface area contributed by atoms with E-state index in [4.69, 9.17) is 37.9 Å². The van der Waals surface area contributed by atoms with Crippen LogP contribution in [0.2, 0.25) is 0 Å². The van der Waals surface area contributed by atoms with Crippen LogP contribution in [-0.4, -0.2) is 52.2 Å². The average molecular weight is 555 g/mol. The first-order valence-electron chi connectivity index (χ1n) is 12.2. The predicted molar refractivity (Wildman–Crippen MR) is 143 cm³/mol. The van der Waals surface area contributed by atoms with Crippen molar-refractivity contribution in [1.82, 2.24) is 0 Å². The van der Waals surface area contributed by atoms with Crippen molar-refractivity contribution in [2.24, 2.45) is 0 Å². The molecule has 3 aromatic carbocycles. The van der Waals surface area contributed by atoms with Gasteiger partial charge in [-0.1, -0.05) is 0 Å². The van der Waals surface area contributed by atoms with Gasteiger partial charge >= 0.3 is 0 Å². The van der Waals surface area contributed by atoms with Gasteiger partial charge in [0, 0.05) is 12.1 Å². The van der Waals surface area contributed by atoms with Crippen LogP contribution in [0.25, 0.3) is 0 Å². The third-order valence-corrected chi connectivity index (χ3v) is 9.76. The molecule has 0 aliphatic carbocycles. The Kier molecular flexibility index (Phi) is 5.77. The summed E-state index contributed by atoms with van der Waals surface area (Å²) in [4.78, 5) is 2.10. The van der Waals surface area contributed by atoms with E-state index in [0.29, 0.717) is 36.2 Å². The minimum absolute atomic E-state index is 0.0228. The van der Waals surface area contributed by atoms with E-state index < -0.39 is 0 Å². The van der Waals surface area contributed by atoms with Crippen LogP contribution in [0.15, 0.2) is 46.2 Å². The molecular formula is C28H26O8S2. The van der Waals surface area contributed by atoms with E-state index in [0.717, 1.165) is 43.9 Å². The first kappa shape index (κ1) is 23.8. The lowest BCUT2D eigenvalue weighted by molar-refractivity contribution is 0.104. The van der Waals surface area contributed by atoms with Gasteiger partial charge < -0.3 is 37.9 Å². The Labute approximate surface area is 228 Å². The van der Waals surface area contributed by atoms with E-state index in [2.05, 4.69) is 0 Å². The Hall–Kier alpha value is -3.24. The number of methoxy groups -OCH3 is 4. The summed E-state index contributed by atoms with van der Waals surface area (Å²) in [5.41, 5.74) is 1.74. The summed E-state index contributed by atoms with van der Waals surface area (Å²) in [6.07, 6.45) is -0.640. The van der Waals surface area contributed by atoms with Crippen LogP contribution in [0, 0.1) is 0 Å². The molecule has 38 heavy (non-hydrogen) atoms. The van der Waals surface area contributed by atoms with Gasteiger partial charge in [0.25, 0.3) is 0 Å². The van der Waals surface area contributed by atoms with Crippen molar-refractivity contribution in [3.8, 4) is 46.0 Å². The molecule has 0 unspecified atom stereocenters. The van der Waals surface area contributed by atoms with E-state index in [-0.39, 0.29) is 22.7 Å². The van der Waals surface area contributed by atoms with Crippen molar-refractivity contribution < 1.29 is 37.9 Å². The maximum absolute atomic E-state index is 6.71. The van der Waals surface area contributed by atoms with Gasteiger partial charge in [0.15, 0.2) is 11.5 Å². The van der Waals surface area contributed by atoms with Crippen molar-refractivity contribution in [3.05, 3.63) is 47.5 Å². The third-order valence-electron chi connectivity index (χ3n) is 7.20. The van der Waals surface area contributed by atoms with Crippen molar-refractivity contribution in [2.75, 3.05) is 41.7 Å². The zero-order valence-corrected chi connectivity index (χ0v) is 22.9. The molecule has 4 aliphatic heterocycles. The Balaban J connectivity index is 1.41. The van der Waals surface area contributed by atoms with Gasteiger partial charge in [-0.15, -0.1) is 23.5 Å². The highest BCUT2D eigenvalue weighted by Gasteiger charge is 2.49. The molecular weight excluding hydrogens is 528 g/mol. The fourth-order valence-corrected chi connectivity index (χ4v) is 7.76. The summed E-state index contributed by atoms with van der Waals surface area (Å²) in [6, 6.07) is 11.8. The molecule has 0 spiro atoms. The summed E-state index contributed by atoms with van der Waals surface area (Å²) in [5.74, 6) is 5.22. The first-order valence-corrected chi connectivity index (χ1v) is 14.0. The van der Waals surface area contributed by atoms with Gasteiger partial charge in [-0.2, -0.15) is 0 Å². The number of benzene rings is 3. The zero-order valence-electron chi connectivity index (χ0n) is 21.3. The highest BCUT2D eigenvalue weighted by molar-refractivity contribution is 8.00. The van der Waals surface area contributed by atoms with E-state index in [1.165, 1.54) is 0 Å². The second kappa shape index (κ2) is 9.20. The molecule has 10 heteroatoms. The Morgan fingerprint density at radius 3 is 1.47 bits per heavy atom. The smallest absolute Gasteiger partial charge is 0.207 e. The summed E-state index contributed by atoms with van der Waals surface area (Å²) in [6.45, 7) is 0.910. The molecule has 0 saturated carbocycles. The van der Waals surface area contributed by atoms with Gasteiger partial charge in [-0.25, -0.2) is 0 Å². The van der Waals surface area contributed by atoms with Crippen molar-refractivity contribution in [3.63, 3.8) is 0 Å². The van der Waals surface area contributed by atoms with Crippen LogP contribution >= 0.6 is 23.5 Å². The second-order valence-electron chi connectivity index (χ2n) is 9.19. The minimum atomic E-state index is -0.320. The van der Waals surface area contributed by atoms with Crippen molar-refractivity contribution in [1.29, 1.82) is 0 Å². The lowest BCUT2D eigenvalue weighted by Crippen LogP contribution is -2.40. The molecule has 0 amide bonds. The number of rotatable bonds is 4. The first-order chi connectivity index (χ1) is 18.6. The highest BCUT2D eigenvalue weighted by atomic mass is 32.2. The summed E-state index contributed by atoms with van der Waals surface area (Å²) in [7, 11) is 6.52.